The average molecular weight is 265 g/mol. The zero-order valence-corrected chi connectivity index (χ0v) is 11.4. The lowest BCUT2D eigenvalue weighted by molar-refractivity contribution is 0.0516. The van der Waals surface area contributed by atoms with E-state index in [4.69, 9.17) is 10.6 Å². The van der Waals surface area contributed by atoms with Gasteiger partial charge in [0.25, 0.3) is 0 Å². The number of carbonyl (C=O) groups is 1. The summed E-state index contributed by atoms with van der Waals surface area (Å²) in [4.78, 5) is 11.9. The fourth-order valence-corrected chi connectivity index (χ4v) is 2.36. The summed E-state index contributed by atoms with van der Waals surface area (Å²) >= 11 is 0. The number of hydrogen-bond donors (Lipinski definition) is 2. The molecule has 19 heavy (non-hydrogen) atoms. The largest absolute Gasteiger partial charge is 0.494 e. The van der Waals surface area contributed by atoms with Gasteiger partial charge in [0.2, 0.25) is 5.88 Å². The van der Waals surface area contributed by atoms with Crippen molar-refractivity contribution in [2.45, 2.75) is 33.7 Å². The number of nitrogens with two attached hydrogens (primary N) is 1. The van der Waals surface area contributed by atoms with Crippen LogP contribution in [0.2, 0.25) is 0 Å². The van der Waals surface area contributed by atoms with E-state index in [1.54, 1.807) is 24.6 Å². The van der Waals surface area contributed by atoms with Gasteiger partial charge in [0.15, 0.2) is 5.69 Å². The summed E-state index contributed by atoms with van der Waals surface area (Å²) in [5, 5.41) is 10.8. The Bertz CT molecular complexity index is 625. The van der Waals surface area contributed by atoms with E-state index in [0.717, 1.165) is 6.42 Å². The van der Waals surface area contributed by atoms with Crippen molar-refractivity contribution in [2.24, 2.45) is 0 Å². The Kier molecular flexibility index (Phi) is 3.42. The van der Waals surface area contributed by atoms with Crippen molar-refractivity contribution in [3.05, 3.63) is 17.5 Å². The molecule has 6 heteroatoms. The third-order valence-electron chi connectivity index (χ3n) is 3.19. The topological polar surface area (TPSA) is 82.4 Å². The van der Waals surface area contributed by atoms with Crippen LogP contribution in [0.5, 0.6) is 5.88 Å². The second kappa shape index (κ2) is 4.87. The van der Waals surface area contributed by atoms with Gasteiger partial charge < -0.3 is 20.3 Å². The zero-order valence-electron chi connectivity index (χ0n) is 11.4. The van der Waals surface area contributed by atoms with Gasteiger partial charge in [0, 0.05) is 12.7 Å². The van der Waals surface area contributed by atoms with E-state index >= 15 is 0 Å². The molecule has 3 N–H and O–H groups in total. The first-order valence-electron chi connectivity index (χ1n) is 6.38. The van der Waals surface area contributed by atoms with Crippen LogP contribution < -0.4 is 5.84 Å². The van der Waals surface area contributed by atoms with Crippen LogP contribution in [0.3, 0.4) is 0 Å². The number of fused-ring (bicyclic) bond motifs is 1. The third-order valence-corrected chi connectivity index (χ3v) is 3.19. The van der Waals surface area contributed by atoms with E-state index in [1.807, 2.05) is 6.92 Å². The Morgan fingerprint density at radius 3 is 2.68 bits per heavy atom. The molecule has 2 aromatic rings. The van der Waals surface area contributed by atoms with Crippen LogP contribution >= 0.6 is 0 Å². The van der Waals surface area contributed by atoms with Crippen LogP contribution in [0.25, 0.3) is 10.9 Å². The van der Waals surface area contributed by atoms with Gasteiger partial charge in [-0.15, -0.1) is 0 Å². The molecule has 0 amide bonds. The molecule has 0 fully saturated rings. The fourth-order valence-electron chi connectivity index (χ4n) is 2.36. The summed E-state index contributed by atoms with van der Waals surface area (Å²) in [6, 6.07) is 0. The van der Waals surface area contributed by atoms with E-state index < -0.39 is 5.97 Å². The minimum atomic E-state index is -0.472. The molecule has 0 aliphatic heterocycles. The minimum absolute atomic E-state index is 0.143. The molecule has 0 unspecified atom stereocenters. The number of esters is 1. The van der Waals surface area contributed by atoms with E-state index in [9.17, 15) is 9.90 Å². The number of aryl methyl sites for hydroxylation is 2. The Morgan fingerprint density at radius 1 is 1.47 bits per heavy atom. The molecule has 104 valence electrons. The molecular formula is C13H19N3O3. The summed E-state index contributed by atoms with van der Waals surface area (Å²) in [6.45, 7) is 6.51. The van der Waals surface area contributed by atoms with Crippen molar-refractivity contribution in [3.8, 4) is 5.88 Å². The molecule has 0 atom stereocenters. The minimum Gasteiger partial charge on any atom is -0.494 e. The standard InChI is InChI=1S/C13H19N3O3/c1-4-6-15-7-9-10(12(15)17)8(3)11(16(9)14)13(18)19-5-2/h7,17H,4-6,14H2,1-3H3. The van der Waals surface area contributed by atoms with Crippen LogP contribution in [0.1, 0.15) is 36.3 Å². The Hall–Kier alpha value is -2.11. The predicted molar refractivity (Wildman–Crippen MR) is 72.7 cm³/mol. The highest BCUT2D eigenvalue weighted by molar-refractivity contribution is 6.01. The van der Waals surface area contributed by atoms with Crippen LogP contribution in [0.15, 0.2) is 6.20 Å². The summed E-state index contributed by atoms with van der Waals surface area (Å²) in [7, 11) is 0. The molecule has 0 aliphatic carbocycles. The number of carbonyl (C=O) groups excluding carboxylic acids is 1. The fraction of sp³-hybridized carbons (Fsp3) is 0.462. The molecule has 0 aromatic carbocycles. The maximum Gasteiger partial charge on any atom is 0.357 e. The number of ether oxygens (including phenoxy) is 1. The number of aromatic nitrogens is 2. The van der Waals surface area contributed by atoms with E-state index in [2.05, 4.69) is 0 Å². The predicted octanol–water partition coefficient (Wildman–Crippen LogP) is 1.76. The van der Waals surface area contributed by atoms with E-state index in [0.29, 0.717) is 23.0 Å². The molecule has 6 nitrogen and oxygen atoms in total. The van der Waals surface area contributed by atoms with Gasteiger partial charge in [-0.2, -0.15) is 0 Å². The van der Waals surface area contributed by atoms with Crippen LogP contribution in [0, 0.1) is 6.92 Å². The van der Waals surface area contributed by atoms with E-state index in [1.165, 1.54) is 4.68 Å². The van der Waals surface area contributed by atoms with Crippen molar-refractivity contribution in [1.82, 2.24) is 9.24 Å². The van der Waals surface area contributed by atoms with E-state index in [-0.39, 0.29) is 18.2 Å². The molecular weight excluding hydrogens is 246 g/mol. The Balaban J connectivity index is 2.62. The second-order valence-electron chi connectivity index (χ2n) is 4.47. The van der Waals surface area contributed by atoms with Gasteiger partial charge in [-0.25, -0.2) is 4.79 Å². The molecule has 0 saturated heterocycles. The molecule has 0 bridgehead atoms. The normalized spacial score (nSPS) is 11.1. The van der Waals surface area contributed by atoms with Gasteiger partial charge in [-0.05, 0) is 25.8 Å². The SMILES string of the molecule is CCCn1cc2c(c(C)c(C(=O)OCC)n2N)c1O. The molecule has 0 radical (unpaired) electrons. The number of nitrogen functional groups attached to an aromatic ring is 1. The molecule has 0 spiro atoms. The third kappa shape index (κ3) is 1.93. The molecule has 2 rings (SSSR count). The average Bonchev–Trinajstić information content (AvgIpc) is 2.79. The highest BCUT2D eigenvalue weighted by Gasteiger charge is 2.24. The molecule has 0 saturated carbocycles. The summed E-state index contributed by atoms with van der Waals surface area (Å²) in [6.07, 6.45) is 2.66. The summed E-state index contributed by atoms with van der Waals surface area (Å²) in [5.74, 6) is 5.61. The zero-order chi connectivity index (χ0) is 14.2. The maximum atomic E-state index is 11.9. The van der Waals surface area contributed by atoms with Gasteiger partial charge in [-0.1, -0.05) is 6.92 Å². The molecule has 2 heterocycles. The first-order chi connectivity index (χ1) is 9.02. The molecule has 0 aliphatic rings. The number of rotatable bonds is 4. The van der Waals surface area contributed by atoms with Crippen LogP contribution in [-0.2, 0) is 11.3 Å². The van der Waals surface area contributed by atoms with Crippen LogP contribution in [0.4, 0.5) is 0 Å². The second-order valence-corrected chi connectivity index (χ2v) is 4.47. The van der Waals surface area contributed by atoms with Gasteiger partial charge in [0.05, 0.1) is 17.5 Å². The van der Waals surface area contributed by atoms with Crippen molar-refractivity contribution < 1.29 is 14.6 Å². The lowest BCUT2D eigenvalue weighted by Gasteiger charge is -2.06. The lowest BCUT2D eigenvalue weighted by atomic mass is 10.2. The number of aromatic hydroxyl groups is 1. The Morgan fingerprint density at radius 2 is 2.16 bits per heavy atom. The highest BCUT2D eigenvalue weighted by atomic mass is 16.5. The maximum absolute atomic E-state index is 11.9. The van der Waals surface area contributed by atoms with Crippen molar-refractivity contribution >= 4 is 16.9 Å². The smallest absolute Gasteiger partial charge is 0.357 e. The summed E-state index contributed by atoms with van der Waals surface area (Å²) < 4.78 is 8.00. The first kappa shape index (κ1) is 13.3. The lowest BCUT2D eigenvalue weighted by Crippen LogP contribution is -2.19. The molecule has 2 aromatic heterocycles. The highest BCUT2D eigenvalue weighted by Crippen LogP contribution is 2.33. The van der Waals surface area contributed by atoms with Gasteiger partial charge in [0.1, 0.15) is 0 Å². The first-order valence-corrected chi connectivity index (χ1v) is 6.38. The van der Waals surface area contributed by atoms with Crippen molar-refractivity contribution in [1.29, 1.82) is 0 Å². The number of nitrogens with zero attached hydrogens (tertiary/aromatic N) is 2. The van der Waals surface area contributed by atoms with Crippen molar-refractivity contribution in [2.75, 3.05) is 12.4 Å². The number of hydrogen-bond acceptors (Lipinski definition) is 4. The van der Waals surface area contributed by atoms with Crippen LogP contribution in [-0.4, -0.2) is 26.9 Å². The summed E-state index contributed by atoms with van der Waals surface area (Å²) in [5.41, 5.74) is 1.56. The quantitative estimate of drug-likeness (QED) is 0.652. The van der Waals surface area contributed by atoms with Gasteiger partial charge in [-0.3, -0.25) is 4.68 Å². The van der Waals surface area contributed by atoms with Crippen molar-refractivity contribution in [3.63, 3.8) is 0 Å². The monoisotopic (exact) mass is 265 g/mol. The Labute approximate surface area is 111 Å². The van der Waals surface area contributed by atoms with Gasteiger partial charge >= 0.3 is 5.97 Å².